The van der Waals surface area contributed by atoms with Crippen molar-refractivity contribution in [1.82, 2.24) is 4.90 Å². The molecule has 112 valence electrons. The standard InChI is InChI=1S/C12H16ClN3O3.ClH/c13-11-2-1-9(5-12(11)16(17)18)7-15-3-4-19-10(6-14)8-15;/h1-2,5,10H,3-4,6-8,14H2;1H. The largest absolute Gasteiger partial charge is 0.374 e. The van der Waals surface area contributed by atoms with Gasteiger partial charge in [0.2, 0.25) is 0 Å². The Morgan fingerprint density at radius 3 is 2.95 bits per heavy atom. The number of nitrogens with zero attached hydrogens (tertiary/aromatic N) is 2. The Balaban J connectivity index is 0.00000200. The second kappa shape index (κ2) is 7.75. The summed E-state index contributed by atoms with van der Waals surface area (Å²) in [4.78, 5) is 12.5. The molecule has 1 unspecified atom stereocenters. The molecule has 0 aliphatic carbocycles. The molecule has 6 nitrogen and oxygen atoms in total. The number of benzene rings is 1. The van der Waals surface area contributed by atoms with Crippen LogP contribution in [-0.4, -0.2) is 42.2 Å². The van der Waals surface area contributed by atoms with Crippen LogP contribution < -0.4 is 5.73 Å². The molecule has 1 fully saturated rings. The fraction of sp³-hybridized carbons (Fsp3) is 0.500. The van der Waals surface area contributed by atoms with E-state index in [-0.39, 0.29) is 29.2 Å². The summed E-state index contributed by atoms with van der Waals surface area (Å²) in [5, 5.41) is 11.0. The van der Waals surface area contributed by atoms with Crippen LogP contribution in [0.2, 0.25) is 5.02 Å². The lowest BCUT2D eigenvalue weighted by molar-refractivity contribution is -0.384. The van der Waals surface area contributed by atoms with E-state index in [0.717, 1.165) is 18.7 Å². The van der Waals surface area contributed by atoms with Crippen LogP contribution in [0.3, 0.4) is 0 Å². The molecule has 8 heteroatoms. The van der Waals surface area contributed by atoms with Crippen molar-refractivity contribution < 1.29 is 9.66 Å². The van der Waals surface area contributed by atoms with Crippen molar-refractivity contribution in [2.75, 3.05) is 26.2 Å². The zero-order chi connectivity index (χ0) is 13.8. The second-order valence-electron chi connectivity index (χ2n) is 4.51. The van der Waals surface area contributed by atoms with E-state index >= 15 is 0 Å². The van der Waals surface area contributed by atoms with Crippen LogP contribution in [0.25, 0.3) is 0 Å². The number of halogens is 2. The van der Waals surface area contributed by atoms with Crippen molar-refractivity contribution >= 4 is 29.7 Å². The lowest BCUT2D eigenvalue weighted by atomic mass is 10.1. The highest BCUT2D eigenvalue weighted by Gasteiger charge is 2.20. The molecule has 2 rings (SSSR count). The zero-order valence-electron chi connectivity index (χ0n) is 10.8. The van der Waals surface area contributed by atoms with Gasteiger partial charge in [-0.2, -0.15) is 0 Å². The summed E-state index contributed by atoms with van der Waals surface area (Å²) >= 11 is 5.79. The summed E-state index contributed by atoms with van der Waals surface area (Å²) in [6.07, 6.45) is 0.0380. The SMILES string of the molecule is Cl.NCC1CN(Cc2ccc(Cl)c([N+](=O)[O-])c2)CCO1. The summed E-state index contributed by atoms with van der Waals surface area (Å²) in [5.74, 6) is 0. The van der Waals surface area contributed by atoms with Gasteiger partial charge in [0.05, 0.1) is 17.6 Å². The molecule has 20 heavy (non-hydrogen) atoms. The average Bonchev–Trinajstić information content (AvgIpc) is 2.41. The van der Waals surface area contributed by atoms with Gasteiger partial charge in [-0.25, -0.2) is 0 Å². The van der Waals surface area contributed by atoms with Crippen LogP contribution in [0.5, 0.6) is 0 Å². The van der Waals surface area contributed by atoms with Crippen molar-refractivity contribution in [2.24, 2.45) is 5.73 Å². The first kappa shape index (κ1) is 17.1. The Kier molecular flexibility index (Phi) is 6.64. The minimum absolute atomic E-state index is 0. The molecule has 1 aromatic carbocycles. The van der Waals surface area contributed by atoms with Gasteiger partial charge in [-0.3, -0.25) is 15.0 Å². The molecule has 2 N–H and O–H groups in total. The molecule has 0 spiro atoms. The third kappa shape index (κ3) is 4.29. The fourth-order valence-electron chi connectivity index (χ4n) is 2.12. The lowest BCUT2D eigenvalue weighted by Crippen LogP contribution is -2.45. The maximum Gasteiger partial charge on any atom is 0.288 e. The topological polar surface area (TPSA) is 81.6 Å². The van der Waals surface area contributed by atoms with Crippen molar-refractivity contribution in [2.45, 2.75) is 12.6 Å². The summed E-state index contributed by atoms with van der Waals surface area (Å²) in [7, 11) is 0. The van der Waals surface area contributed by atoms with Crippen LogP contribution >= 0.6 is 24.0 Å². The molecule has 1 aliphatic rings. The highest BCUT2D eigenvalue weighted by Crippen LogP contribution is 2.25. The molecule has 1 heterocycles. The van der Waals surface area contributed by atoms with Crippen LogP contribution in [0.4, 0.5) is 5.69 Å². The first-order valence-corrected chi connectivity index (χ1v) is 6.45. The van der Waals surface area contributed by atoms with Crippen LogP contribution in [-0.2, 0) is 11.3 Å². The molecule has 1 aromatic rings. The lowest BCUT2D eigenvalue weighted by Gasteiger charge is -2.32. The van der Waals surface area contributed by atoms with Gasteiger partial charge in [0.15, 0.2) is 0 Å². The minimum atomic E-state index is -0.464. The number of nitrogens with two attached hydrogens (primary N) is 1. The highest BCUT2D eigenvalue weighted by molar-refractivity contribution is 6.32. The number of rotatable bonds is 4. The maximum atomic E-state index is 10.8. The van der Waals surface area contributed by atoms with Gasteiger partial charge in [0, 0.05) is 32.2 Å². The first-order valence-electron chi connectivity index (χ1n) is 6.07. The summed E-state index contributed by atoms with van der Waals surface area (Å²) in [6, 6.07) is 4.90. The number of hydrogen-bond acceptors (Lipinski definition) is 5. The van der Waals surface area contributed by atoms with E-state index in [2.05, 4.69) is 4.90 Å². The van der Waals surface area contributed by atoms with E-state index in [1.807, 2.05) is 6.07 Å². The molecule has 0 saturated carbocycles. The summed E-state index contributed by atoms with van der Waals surface area (Å²) < 4.78 is 5.48. The van der Waals surface area contributed by atoms with Gasteiger partial charge < -0.3 is 10.5 Å². The van der Waals surface area contributed by atoms with E-state index in [0.29, 0.717) is 19.7 Å². The molecular weight excluding hydrogens is 305 g/mol. The Bertz CT molecular complexity index is 473. The van der Waals surface area contributed by atoms with Gasteiger partial charge >= 0.3 is 0 Å². The second-order valence-corrected chi connectivity index (χ2v) is 4.91. The van der Waals surface area contributed by atoms with Gasteiger partial charge in [-0.05, 0) is 11.6 Å². The number of ether oxygens (including phenoxy) is 1. The van der Waals surface area contributed by atoms with Crippen molar-refractivity contribution in [3.8, 4) is 0 Å². The third-order valence-electron chi connectivity index (χ3n) is 3.10. The first-order chi connectivity index (χ1) is 9.10. The third-order valence-corrected chi connectivity index (χ3v) is 3.42. The van der Waals surface area contributed by atoms with Gasteiger partial charge in [0.1, 0.15) is 5.02 Å². The molecule has 1 atom stereocenters. The normalized spacial score (nSPS) is 19.4. The van der Waals surface area contributed by atoms with Crippen molar-refractivity contribution in [3.05, 3.63) is 38.9 Å². The molecule has 0 amide bonds. The van der Waals surface area contributed by atoms with Gasteiger partial charge in [-0.15, -0.1) is 12.4 Å². The molecule has 0 bridgehead atoms. The van der Waals surface area contributed by atoms with Crippen LogP contribution in [0.1, 0.15) is 5.56 Å². The summed E-state index contributed by atoms with van der Waals surface area (Å²) in [5.41, 5.74) is 6.40. The smallest absolute Gasteiger partial charge is 0.288 e. The monoisotopic (exact) mass is 321 g/mol. The summed E-state index contributed by atoms with van der Waals surface area (Å²) in [6.45, 7) is 3.30. The van der Waals surface area contributed by atoms with Crippen molar-refractivity contribution in [1.29, 1.82) is 0 Å². The number of hydrogen-bond donors (Lipinski definition) is 1. The number of morpholine rings is 1. The van der Waals surface area contributed by atoms with E-state index in [4.69, 9.17) is 22.1 Å². The van der Waals surface area contributed by atoms with Crippen molar-refractivity contribution in [3.63, 3.8) is 0 Å². The molecular formula is C12H17Cl2N3O3. The highest BCUT2D eigenvalue weighted by atomic mass is 35.5. The molecule has 0 aromatic heterocycles. The fourth-order valence-corrected chi connectivity index (χ4v) is 2.31. The predicted molar refractivity (Wildman–Crippen MR) is 79.4 cm³/mol. The zero-order valence-corrected chi connectivity index (χ0v) is 12.4. The Hall–Kier alpha value is -0.920. The average molecular weight is 322 g/mol. The van der Waals surface area contributed by atoms with E-state index < -0.39 is 4.92 Å². The Morgan fingerprint density at radius 2 is 2.30 bits per heavy atom. The predicted octanol–water partition coefficient (Wildman–Crippen LogP) is 1.83. The molecule has 0 radical (unpaired) electrons. The quantitative estimate of drug-likeness (QED) is 0.675. The molecule has 1 saturated heterocycles. The minimum Gasteiger partial charge on any atom is -0.374 e. The van der Waals surface area contributed by atoms with E-state index in [1.165, 1.54) is 6.07 Å². The van der Waals surface area contributed by atoms with Crippen LogP contribution in [0, 0.1) is 10.1 Å². The van der Waals surface area contributed by atoms with Gasteiger partial charge in [0.25, 0.3) is 5.69 Å². The Morgan fingerprint density at radius 1 is 1.55 bits per heavy atom. The maximum absolute atomic E-state index is 10.8. The molecule has 1 aliphatic heterocycles. The van der Waals surface area contributed by atoms with Gasteiger partial charge in [-0.1, -0.05) is 17.7 Å². The number of nitro benzene ring substituents is 1. The van der Waals surface area contributed by atoms with E-state index in [9.17, 15) is 10.1 Å². The number of nitro groups is 1. The Labute approximate surface area is 128 Å². The van der Waals surface area contributed by atoms with Crippen LogP contribution in [0.15, 0.2) is 18.2 Å². The van der Waals surface area contributed by atoms with E-state index in [1.54, 1.807) is 6.07 Å².